The number of carbonyl (C=O) groups is 3. The van der Waals surface area contributed by atoms with Crippen molar-refractivity contribution in [1.29, 1.82) is 0 Å². The maximum absolute atomic E-state index is 13.5. The third-order valence-electron chi connectivity index (χ3n) is 6.53. The molecule has 5 rings (SSSR count). The van der Waals surface area contributed by atoms with Crippen LogP contribution in [0.2, 0.25) is 5.02 Å². The molecule has 2 N–H and O–H groups in total. The van der Waals surface area contributed by atoms with E-state index in [4.69, 9.17) is 16.7 Å². The number of nitrogens with zero attached hydrogens (tertiary/aromatic N) is 4. The Balaban J connectivity index is 1.43. The van der Waals surface area contributed by atoms with Crippen LogP contribution < -0.4 is 5.32 Å². The number of aromatic carboxylic acids is 1. The van der Waals surface area contributed by atoms with Crippen LogP contribution in [0.3, 0.4) is 0 Å². The fourth-order valence-corrected chi connectivity index (χ4v) is 4.75. The number of halogens is 1. The molecule has 10 heteroatoms. The summed E-state index contributed by atoms with van der Waals surface area (Å²) in [6, 6.07) is 20.0. The van der Waals surface area contributed by atoms with Crippen molar-refractivity contribution < 1.29 is 19.5 Å². The molecule has 0 radical (unpaired) electrons. The van der Waals surface area contributed by atoms with E-state index in [1.54, 1.807) is 40.2 Å². The molecule has 0 saturated carbocycles. The topological polar surface area (TPSA) is 117 Å². The van der Waals surface area contributed by atoms with Crippen molar-refractivity contribution in [2.75, 3.05) is 11.9 Å². The van der Waals surface area contributed by atoms with Crippen LogP contribution in [0.4, 0.5) is 5.69 Å². The lowest BCUT2D eigenvalue weighted by Crippen LogP contribution is -2.49. The normalized spacial score (nSPS) is 14.0. The molecule has 0 saturated heterocycles. The van der Waals surface area contributed by atoms with Gasteiger partial charge in [-0.15, -0.1) is 5.10 Å². The van der Waals surface area contributed by atoms with E-state index < -0.39 is 12.0 Å². The van der Waals surface area contributed by atoms with E-state index in [2.05, 4.69) is 15.6 Å². The van der Waals surface area contributed by atoms with Crippen molar-refractivity contribution in [2.24, 2.45) is 0 Å². The van der Waals surface area contributed by atoms with Crippen molar-refractivity contribution in [3.05, 3.63) is 113 Å². The van der Waals surface area contributed by atoms with Gasteiger partial charge in [-0.2, -0.15) is 0 Å². The fourth-order valence-electron chi connectivity index (χ4n) is 4.58. The van der Waals surface area contributed by atoms with Gasteiger partial charge in [-0.3, -0.25) is 9.59 Å². The number of aromatic nitrogens is 3. The van der Waals surface area contributed by atoms with E-state index in [1.807, 2.05) is 36.4 Å². The quantitative estimate of drug-likeness (QED) is 0.339. The average Bonchev–Trinajstić information content (AvgIpc) is 3.48. The summed E-state index contributed by atoms with van der Waals surface area (Å²) in [6.45, 7) is 0.316. The summed E-state index contributed by atoms with van der Waals surface area (Å²) in [7, 11) is 0. The van der Waals surface area contributed by atoms with Crippen LogP contribution in [0, 0.1) is 0 Å². The Bertz CT molecular complexity index is 1540. The largest absolute Gasteiger partial charge is 0.478 e. The minimum atomic E-state index is -1.05. The number of carboxylic acid groups (broad SMARTS) is 1. The van der Waals surface area contributed by atoms with E-state index >= 15 is 0 Å². The lowest BCUT2D eigenvalue weighted by Gasteiger charge is -2.33. The van der Waals surface area contributed by atoms with Gasteiger partial charge in [0.05, 0.1) is 23.6 Å². The molecule has 1 aliphatic heterocycles. The molecule has 2 heterocycles. The first-order valence-electron chi connectivity index (χ1n) is 12.2. The highest BCUT2D eigenvalue weighted by Crippen LogP contribution is 2.31. The Labute approximate surface area is 229 Å². The molecule has 2 amide bonds. The highest BCUT2D eigenvalue weighted by atomic mass is 35.5. The molecule has 39 heavy (non-hydrogen) atoms. The summed E-state index contributed by atoms with van der Waals surface area (Å²) in [5.74, 6) is -1.71. The van der Waals surface area contributed by atoms with Crippen molar-refractivity contribution in [3.8, 4) is 5.69 Å². The van der Waals surface area contributed by atoms with Crippen molar-refractivity contribution in [1.82, 2.24) is 19.9 Å². The molecule has 0 aliphatic carbocycles. The molecule has 196 valence electrons. The third kappa shape index (κ3) is 5.89. The Kier molecular flexibility index (Phi) is 7.51. The number of hydrogen-bond acceptors (Lipinski definition) is 5. The zero-order chi connectivity index (χ0) is 27.4. The zero-order valence-electron chi connectivity index (χ0n) is 20.7. The van der Waals surface area contributed by atoms with Crippen LogP contribution in [-0.2, 0) is 16.0 Å². The number of hydrogen-bond donors (Lipinski definition) is 2. The number of anilines is 1. The summed E-state index contributed by atoms with van der Waals surface area (Å²) in [5, 5.41) is 20.5. The molecule has 0 fully saturated rings. The van der Waals surface area contributed by atoms with Crippen molar-refractivity contribution in [3.63, 3.8) is 0 Å². The molecule has 9 nitrogen and oxygen atoms in total. The predicted octanol–water partition coefficient (Wildman–Crippen LogP) is 4.48. The van der Waals surface area contributed by atoms with Crippen molar-refractivity contribution in [2.45, 2.75) is 18.9 Å². The Morgan fingerprint density at radius 3 is 2.49 bits per heavy atom. The molecule has 0 unspecified atom stereocenters. The molecule has 3 aromatic carbocycles. The van der Waals surface area contributed by atoms with E-state index in [0.29, 0.717) is 30.1 Å². The standard InChI is InChI=1S/C29H24ClN5O4/c30-22-8-11-25(35-15-13-31-33-35)24(18-22)21-12-14-34(27(36)17-21)26(16-19-4-2-1-3-5-19)28(37)32-23-9-6-20(7-10-23)29(38)39/h1-11,13,15,17-18,26H,12,14,16H2,(H,32,37)(H,38,39)/t26-/m0/s1. The van der Waals surface area contributed by atoms with E-state index in [9.17, 15) is 14.4 Å². The van der Waals surface area contributed by atoms with Crippen LogP contribution in [-0.4, -0.2) is 55.4 Å². The average molecular weight is 542 g/mol. The highest BCUT2D eigenvalue weighted by molar-refractivity contribution is 6.30. The van der Waals surface area contributed by atoms with Crippen molar-refractivity contribution >= 4 is 40.6 Å². The van der Waals surface area contributed by atoms with Gasteiger partial charge in [0.1, 0.15) is 6.04 Å². The number of carboxylic acids is 1. The lowest BCUT2D eigenvalue weighted by molar-refractivity contribution is -0.135. The number of carbonyl (C=O) groups excluding carboxylic acids is 2. The SMILES string of the molecule is O=C(O)c1ccc(NC(=O)[C@H](Cc2ccccc2)N2CCC(c3cc(Cl)ccc3-n3ccnn3)=CC2=O)cc1. The van der Waals surface area contributed by atoms with Gasteiger partial charge in [-0.1, -0.05) is 47.1 Å². The van der Waals surface area contributed by atoms with Gasteiger partial charge in [-0.25, -0.2) is 9.48 Å². The first-order valence-corrected chi connectivity index (χ1v) is 12.6. The number of rotatable bonds is 8. The maximum atomic E-state index is 13.5. The third-order valence-corrected chi connectivity index (χ3v) is 6.76. The van der Waals surface area contributed by atoms with Crippen LogP contribution in [0.25, 0.3) is 11.3 Å². The molecule has 0 bridgehead atoms. The van der Waals surface area contributed by atoms with Gasteiger partial charge in [0, 0.05) is 35.3 Å². The maximum Gasteiger partial charge on any atom is 0.335 e. The van der Waals surface area contributed by atoms with E-state index in [1.165, 1.54) is 24.3 Å². The number of amides is 2. The van der Waals surface area contributed by atoms with Gasteiger partial charge in [0.25, 0.3) is 0 Å². The number of nitrogens with one attached hydrogen (secondary N) is 1. The fraction of sp³-hybridized carbons (Fsp3) is 0.138. The highest BCUT2D eigenvalue weighted by Gasteiger charge is 2.32. The van der Waals surface area contributed by atoms with Gasteiger partial charge in [-0.05, 0) is 60.0 Å². The second-order valence-electron chi connectivity index (χ2n) is 9.04. The summed E-state index contributed by atoms with van der Waals surface area (Å²) >= 11 is 6.30. The van der Waals surface area contributed by atoms with Crippen LogP contribution >= 0.6 is 11.6 Å². The first kappa shape index (κ1) is 25.9. The minimum absolute atomic E-state index is 0.115. The predicted molar refractivity (Wildman–Crippen MR) is 147 cm³/mol. The molecule has 0 spiro atoms. The van der Waals surface area contributed by atoms with Gasteiger partial charge < -0.3 is 15.3 Å². The second kappa shape index (κ2) is 11.3. The molecule has 1 aliphatic rings. The summed E-state index contributed by atoms with van der Waals surface area (Å²) in [5.41, 5.74) is 3.76. The lowest BCUT2D eigenvalue weighted by atomic mass is 9.95. The Morgan fingerprint density at radius 2 is 1.82 bits per heavy atom. The smallest absolute Gasteiger partial charge is 0.335 e. The van der Waals surface area contributed by atoms with Crippen LogP contribution in [0.5, 0.6) is 0 Å². The molecular weight excluding hydrogens is 518 g/mol. The molecule has 4 aromatic rings. The minimum Gasteiger partial charge on any atom is -0.478 e. The van der Waals surface area contributed by atoms with Crippen LogP contribution in [0.15, 0.2) is 91.3 Å². The molecule has 1 aromatic heterocycles. The summed E-state index contributed by atoms with van der Waals surface area (Å²) < 4.78 is 1.62. The zero-order valence-corrected chi connectivity index (χ0v) is 21.5. The summed E-state index contributed by atoms with van der Waals surface area (Å²) in [6.07, 6.45) is 5.65. The summed E-state index contributed by atoms with van der Waals surface area (Å²) in [4.78, 5) is 39.8. The second-order valence-corrected chi connectivity index (χ2v) is 9.47. The van der Waals surface area contributed by atoms with Gasteiger partial charge >= 0.3 is 5.97 Å². The molecular formula is C29H24ClN5O4. The van der Waals surface area contributed by atoms with E-state index in [-0.39, 0.29) is 17.4 Å². The van der Waals surface area contributed by atoms with Gasteiger partial charge in [0.2, 0.25) is 11.8 Å². The monoisotopic (exact) mass is 541 g/mol. The Morgan fingerprint density at radius 1 is 1.05 bits per heavy atom. The van der Waals surface area contributed by atoms with Crippen LogP contribution in [0.1, 0.15) is 27.9 Å². The van der Waals surface area contributed by atoms with E-state index in [0.717, 1.165) is 22.4 Å². The van der Waals surface area contributed by atoms with Gasteiger partial charge in [0.15, 0.2) is 0 Å². The molecule has 1 atom stereocenters. The first-order chi connectivity index (χ1) is 18.9. The Hall–Kier alpha value is -4.76. The number of benzene rings is 3.